The number of carbonyl (C=O) groups is 2. The summed E-state index contributed by atoms with van der Waals surface area (Å²) in [7, 11) is 1.58. The van der Waals surface area contributed by atoms with Gasteiger partial charge in [-0.1, -0.05) is 19.1 Å². The van der Waals surface area contributed by atoms with Crippen LogP contribution in [0, 0.1) is 0 Å². The first-order chi connectivity index (χ1) is 10.9. The maximum atomic E-state index is 12.3. The molecular weight excluding hydrogens is 294 g/mol. The summed E-state index contributed by atoms with van der Waals surface area (Å²) < 4.78 is 5.73. The van der Waals surface area contributed by atoms with Crippen LogP contribution in [0.25, 0.3) is 0 Å². The maximum Gasteiger partial charge on any atom is 0.262 e. The normalized spacial score (nSPS) is 17.0. The molecule has 23 heavy (non-hydrogen) atoms. The molecule has 126 valence electrons. The molecule has 6 nitrogen and oxygen atoms in total. The predicted molar refractivity (Wildman–Crippen MR) is 89.7 cm³/mol. The highest BCUT2D eigenvalue weighted by Gasteiger charge is 2.31. The summed E-state index contributed by atoms with van der Waals surface area (Å²) in [6.07, 6.45) is 0.223. The molecule has 1 aliphatic heterocycles. The molecule has 0 saturated heterocycles. The standard InChI is InChI=1S/C17H25N3O3/c1-5-17(2,3)19-15(21)11-20-10-14(16(22)18-4)23-13-9-7-6-8-12(13)20/h6-9,14H,5,10-11H2,1-4H3,(H,18,22)(H,19,21)/t14-/m0/s1. The summed E-state index contributed by atoms with van der Waals surface area (Å²) in [4.78, 5) is 26.2. The lowest BCUT2D eigenvalue weighted by atomic mass is 10.0. The summed E-state index contributed by atoms with van der Waals surface area (Å²) in [6.45, 7) is 6.55. The van der Waals surface area contributed by atoms with Gasteiger partial charge in [0.25, 0.3) is 5.91 Å². The third kappa shape index (κ3) is 4.15. The van der Waals surface area contributed by atoms with Crippen molar-refractivity contribution in [1.29, 1.82) is 0 Å². The fourth-order valence-corrected chi connectivity index (χ4v) is 2.43. The lowest BCUT2D eigenvalue weighted by Gasteiger charge is -2.35. The SMILES string of the molecule is CCC(C)(C)NC(=O)CN1C[C@@H](C(=O)NC)Oc2ccccc21. The third-order valence-electron chi connectivity index (χ3n) is 4.10. The summed E-state index contributed by atoms with van der Waals surface area (Å²) in [5, 5.41) is 5.62. The third-order valence-corrected chi connectivity index (χ3v) is 4.10. The molecule has 0 spiro atoms. The first-order valence-corrected chi connectivity index (χ1v) is 7.89. The van der Waals surface area contributed by atoms with Gasteiger partial charge in [-0.2, -0.15) is 0 Å². The van der Waals surface area contributed by atoms with Crippen LogP contribution >= 0.6 is 0 Å². The van der Waals surface area contributed by atoms with Crippen LogP contribution in [0.15, 0.2) is 24.3 Å². The van der Waals surface area contributed by atoms with E-state index in [0.717, 1.165) is 12.1 Å². The van der Waals surface area contributed by atoms with E-state index in [0.29, 0.717) is 12.3 Å². The van der Waals surface area contributed by atoms with Crippen molar-refractivity contribution in [2.45, 2.75) is 38.8 Å². The Morgan fingerprint density at radius 1 is 1.35 bits per heavy atom. The molecule has 0 fully saturated rings. The Balaban J connectivity index is 2.16. The molecule has 0 aliphatic carbocycles. The Labute approximate surface area is 137 Å². The number of benzene rings is 1. The highest BCUT2D eigenvalue weighted by Crippen LogP contribution is 2.32. The molecule has 1 aliphatic rings. The quantitative estimate of drug-likeness (QED) is 0.858. The highest BCUT2D eigenvalue weighted by molar-refractivity contribution is 5.86. The van der Waals surface area contributed by atoms with Gasteiger partial charge in [-0.25, -0.2) is 0 Å². The summed E-state index contributed by atoms with van der Waals surface area (Å²) >= 11 is 0. The number of hydrogen-bond donors (Lipinski definition) is 2. The van der Waals surface area contributed by atoms with Crippen LogP contribution in [0.2, 0.25) is 0 Å². The lowest BCUT2D eigenvalue weighted by Crippen LogP contribution is -2.52. The van der Waals surface area contributed by atoms with E-state index in [1.165, 1.54) is 0 Å². The van der Waals surface area contributed by atoms with Crippen LogP contribution in [-0.4, -0.2) is 43.6 Å². The molecule has 1 aromatic carbocycles. The number of likely N-dealkylation sites (N-methyl/N-ethyl adjacent to an activating group) is 1. The van der Waals surface area contributed by atoms with Crippen LogP contribution in [-0.2, 0) is 9.59 Å². The number of ether oxygens (including phenoxy) is 1. The van der Waals surface area contributed by atoms with E-state index in [-0.39, 0.29) is 23.9 Å². The molecule has 2 rings (SSSR count). The zero-order valence-electron chi connectivity index (χ0n) is 14.2. The second-order valence-electron chi connectivity index (χ2n) is 6.35. The van der Waals surface area contributed by atoms with Gasteiger partial charge in [-0.05, 0) is 32.4 Å². The second-order valence-corrected chi connectivity index (χ2v) is 6.35. The Morgan fingerprint density at radius 3 is 2.70 bits per heavy atom. The minimum atomic E-state index is -0.623. The Morgan fingerprint density at radius 2 is 2.04 bits per heavy atom. The predicted octanol–water partition coefficient (Wildman–Crippen LogP) is 1.30. The number of para-hydroxylation sites is 2. The van der Waals surface area contributed by atoms with E-state index >= 15 is 0 Å². The van der Waals surface area contributed by atoms with Gasteiger partial charge in [-0.15, -0.1) is 0 Å². The smallest absolute Gasteiger partial charge is 0.262 e. The lowest BCUT2D eigenvalue weighted by molar-refractivity contribution is -0.128. The molecule has 1 atom stereocenters. The monoisotopic (exact) mass is 319 g/mol. The van der Waals surface area contributed by atoms with Crippen molar-refractivity contribution in [1.82, 2.24) is 10.6 Å². The van der Waals surface area contributed by atoms with Crippen LogP contribution < -0.4 is 20.3 Å². The van der Waals surface area contributed by atoms with Gasteiger partial charge < -0.3 is 20.3 Å². The van der Waals surface area contributed by atoms with Gasteiger partial charge in [-0.3, -0.25) is 9.59 Å². The van der Waals surface area contributed by atoms with E-state index in [1.807, 2.05) is 49.9 Å². The fourth-order valence-electron chi connectivity index (χ4n) is 2.43. The molecule has 0 aromatic heterocycles. The minimum absolute atomic E-state index is 0.0655. The van der Waals surface area contributed by atoms with E-state index < -0.39 is 6.10 Å². The van der Waals surface area contributed by atoms with Gasteiger partial charge in [0.05, 0.1) is 18.8 Å². The van der Waals surface area contributed by atoms with Crippen molar-refractivity contribution in [3.05, 3.63) is 24.3 Å². The van der Waals surface area contributed by atoms with Crippen molar-refractivity contribution in [2.24, 2.45) is 0 Å². The van der Waals surface area contributed by atoms with E-state index in [2.05, 4.69) is 10.6 Å². The Kier molecular flexibility index (Phi) is 5.13. The number of fused-ring (bicyclic) bond motifs is 1. The molecule has 1 aromatic rings. The molecular formula is C17H25N3O3. The number of hydrogen-bond acceptors (Lipinski definition) is 4. The van der Waals surface area contributed by atoms with Gasteiger partial charge in [0.15, 0.2) is 6.10 Å². The minimum Gasteiger partial charge on any atom is -0.477 e. The first kappa shape index (κ1) is 17.1. The average Bonchev–Trinajstić information content (AvgIpc) is 2.53. The summed E-state index contributed by atoms with van der Waals surface area (Å²) in [5.74, 6) is 0.359. The van der Waals surface area contributed by atoms with Crippen LogP contribution in [0.4, 0.5) is 5.69 Å². The molecule has 0 radical (unpaired) electrons. The topological polar surface area (TPSA) is 70.7 Å². The average molecular weight is 319 g/mol. The number of rotatable bonds is 5. The van der Waals surface area contributed by atoms with Gasteiger partial charge in [0.1, 0.15) is 5.75 Å². The van der Waals surface area contributed by atoms with Crippen molar-refractivity contribution < 1.29 is 14.3 Å². The molecule has 6 heteroatoms. The van der Waals surface area contributed by atoms with Gasteiger partial charge in [0.2, 0.25) is 5.91 Å². The van der Waals surface area contributed by atoms with Crippen molar-refractivity contribution in [2.75, 3.05) is 25.0 Å². The van der Waals surface area contributed by atoms with Crippen LogP contribution in [0.5, 0.6) is 5.75 Å². The number of anilines is 1. The Bertz CT molecular complexity index is 586. The van der Waals surface area contributed by atoms with Crippen molar-refractivity contribution in [3.8, 4) is 5.75 Å². The largest absolute Gasteiger partial charge is 0.477 e. The summed E-state index contributed by atoms with van der Waals surface area (Å²) in [5.41, 5.74) is 0.584. The fraction of sp³-hybridized carbons (Fsp3) is 0.529. The summed E-state index contributed by atoms with van der Waals surface area (Å²) in [6, 6.07) is 7.45. The number of carbonyl (C=O) groups excluding carboxylic acids is 2. The van der Waals surface area contributed by atoms with E-state index in [9.17, 15) is 9.59 Å². The number of nitrogens with one attached hydrogen (secondary N) is 2. The molecule has 2 N–H and O–H groups in total. The Hall–Kier alpha value is -2.24. The van der Waals surface area contributed by atoms with Gasteiger partial charge in [0, 0.05) is 12.6 Å². The van der Waals surface area contributed by atoms with Gasteiger partial charge >= 0.3 is 0 Å². The zero-order valence-corrected chi connectivity index (χ0v) is 14.2. The van der Waals surface area contributed by atoms with Crippen molar-refractivity contribution >= 4 is 17.5 Å². The molecule has 2 amide bonds. The number of amides is 2. The highest BCUT2D eigenvalue weighted by atomic mass is 16.5. The molecule has 1 heterocycles. The maximum absolute atomic E-state index is 12.3. The van der Waals surface area contributed by atoms with Crippen LogP contribution in [0.3, 0.4) is 0 Å². The van der Waals surface area contributed by atoms with Crippen LogP contribution in [0.1, 0.15) is 27.2 Å². The first-order valence-electron chi connectivity index (χ1n) is 7.89. The molecule has 0 unspecified atom stereocenters. The van der Waals surface area contributed by atoms with E-state index in [4.69, 9.17) is 4.74 Å². The molecule has 0 saturated carbocycles. The van der Waals surface area contributed by atoms with E-state index in [1.54, 1.807) is 7.05 Å². The second kappa shape index (κ2) is 6.89. The number of nitrogens with zero attached hydrogens (tertiary/aromatic N) is 1. The molecule has 0 bridgehead atoms. The van der Waals surface area contributed by atoms with Crippen molar-refractivity contribution in [3.63, 3.8) is 0 Å². The zero-order chi connectivity index (χ0) is 17.0.